The van der Waals surface area contributed by atoms with E-state index in [1.807, 2.05) is 37.3 Å². The Hall–Kier alpha value is -1.26. The molecule has 0 aliphatic rings. The minimum atomic E-state index is -0.402. The quantitative estimate of drug-likeness (QED) is 0.871. The Bertz CT molecular complexity index is 356. The van der Waals surface area contributed by atoms with E-state index in [1.165, 1.54) is 0 Å². The maximum absolute atomic E-state index is 11.6. The number of hydrogen-bond acceptors (Lipinski definition) is 3. The summed E-state index contributed by atoms with van der Waals surface area (Å²) in [7, 11) is 0. The van der Waals surface area contributed by atoms with Crippen LogP contribution in [0.4, 0.5) is 10.5 Å². The molecule has 0 aromatic heterocycles. The predicted molar refractivity (Wildman–Crippen MR) is 81.0 cm³/mol. The predicted octanol–water partition coefficient (Wildman–Crippen LogP) is 3.39. The molecule has 1 unspecified atom stereocenters. The second kappa shape index (κ2) is 9.64. The molecule has 19 heavy (non-hydrogen) atoms. The second-order valence-electron chi connectivity index (χ2n) is 4.19. The van der Waals surface area contributed by atoms with Crippen molar-refractivity contribution < 1.29 is 9.53 Å². The maximum atomic E-state index is 11.6. The Kier molecular flexibility index (Phi) is 9.00. The molecule has 0 aliphatic carbocycles. The topological polar surface area (TPSA) is 41.6 Å². The van der Waals surface area contributed by atoms with Crippen molar-refractivity contribution in [2.45, 2.75) is 26.9 Å². The first-order chi connectivity index (χ1) is 8.65. The molecule has 0 saturated carbocycles. The number of nitrogens with zero attached hydrogens (tertiary/aromatic N) is 1. The van der Waals surface area contributed by atoms with Gasteiger partial charge in [-0.1, -0.05) is 32.0 Å². The van der Waals surface area contributed by atoms with E-state index in [4.69, 9.17) is 4.74 Å². The number of hydrogen-bond donors (Lipinski definition) is 1. The van der Waals surface area contributed by atoms with E-state index in [0.717, 1.165) is 25.3 Å². The van der Waals surface area contributed by atoms with Crippen molar-refractivity contribution in [3.8, 4) is 0 Å². The van der Waals surface area contributed by atoms with Gasteiger partial charge in [0.1, 0.15) is 6.10 Å². The molecule has 108 valence electrons. The van der Waals surface area contributed by atoms with Crippen LogP contribution in [0.1, 0.15) is 20.8 Å². The van der Waals surface area contributed by atoms with Gasteiger partial charge in [0.05, 0.1) is 0 Å². The first-order valence-electron chi connectivity index (χ1n) is 6.40. The van der Waals surface area contributed by atoms with Gasteiger partial charge in [-0.25, -0.2) is 4.79 Å². The lowest BCUT2D eigenvalue weighted by molar-refractivity contribution is 0.0929. The monoisotopic (exact) mass is 286 g/mol. The lowest BCUT2D eigenvalue weighted by Crippen LogP contribution is -2.34. The average Bonchev–Trinajstić information content (AvgIpc) is 2.36. The summed E-state index contributed by atoms with van der Waals surface area (Å²) in [6.07, 6.45) is -0.519. The number of benzene rings is 1. The summed E-state index contributed by atoms with van der Waals surface area (Å²) in [6, 6.07) is 9.30. The fraction of sp³-hybridized carbons (Fsp3) is 0.500. The van der Waals surface area contributed by atoms with Crippen molar-refractivity contribution in [1.29, 1.82) is 0 Å². The van der Waals surface area contributed by atoms with E-state index in [-0.39, 0.29) is 18.5 Å². The first kappa shape index (κ1) is 17.7. The lowest BCUT2D eigenvalue weighted by Gasteiger charge is -2.22. The lowest BCUT2D eigenvalue weighted by atomic mass is 10.3. The normalized spacial score (nSPS) is 11.6. The van der Waals surface area contributed by atoms with Gasteiger partial charge in [0.25, 0.3) is 0 Å². The van der Waals surface area contributed by atoms with Crippen LogP contribution in [0.3, 0.4) is 0 Å². The molecule has 1 atom stereocenters. The summed E-state index contributed by atoms with van der Waals surface area (Å²) in [5.74, 6) is 0. The molecule has 1 N–H and O–H groups in total. The summed E-state index contributed by atoms with van der Waals surface area (Å²) in [4.78, 5) is 13.9. The highest BCUT2D eigenvalue weighted by atomic mass is 35.5. The second-order valence-corrected chi connectivity index (χ2v) is 4.19. The fourth-order valence-corrected chi connectivity index (χ4v) is 1.73. The van der Waals surface area contributed by atoms with Gasteiger partial charge in [-0.05, 0) is 32.1 Å². The smallest absolute Gasteiger partial charge is 0.411 e. The minimum Gasteiger partial charge on any atom is -0.445 e. The van der Waals surface area contributed by atoms with Crippen LogP contribution in [0.25, 0.3) is 0 Å². The van der Waals surface area contributed by atoms with Crippen LogP contribution in [0.2, 0.25) is 0 Å². The molecule has 0 aliphatic heterocycles. The van der Waals surface area contributed by atoms with E-state index >= 15 is 0 Å². The van der Waals surface area contributed by atoms with E-state index in [2.05, 4.69) is 24.1 Å². The van der Waals surface area contributed by atoms with Crippen molar-refractivity contribution in [3.63, 3.8) is 0 Å². The molecular formula is C14H23ClN2O2. The molecular weight excluding hydrogens is 264 g/mol. The van der Waals surface area contributed by atoms with Crippen molar-refractivity contribution in [3.05, 3.63) is 30.3 Å². The van der Waals surface area contributed by atoms with E-state index in [0.29, 0.717) is 0 Å². The van der Waals surface area contributed by atoms with Gasteiger partial charge >= 0.3 is 6.09 Å². The van der Waals surface area contributed by atoms with Gasteiger partial charge < -0.3 is 9.64 Å². The molecule has 0 radical (unpaired) electrons. The van der Waals surface area contributed by atoms with Crippen LogP contribution in [0.5, 0.6) is 0 Å². The maximum Gasteiger partial charge on any atom is 0.411 e. The molecule has 1 rings (SSSR count). The Balaban J connectivity index is 0.00000324. The number of carbonyl (C=O) groups is 1. The molecule has 0 spiro atoms. The zero-order valence-electron chi connectivity index (χ0n) is 11.8. The third kappa shape index (κ3) is 7.03. The van der Waals surface area contributed by atoms with Crippen molar-refractivity contribution in [2.24, 2.45) is 0 Å². The summed E-state index contributed by atoms with van der Waals surface area (Å²) in [6.45, 7) is 8.79. The van der Waals surface area contributed by atoms with Crippen LogP contribution in [-0.4, -0.2) is 36.7 Å². The molecule has 1 aromatic rings. The van der Waals surface area contributed by atoms with Gasteiger partial charge in [0.15, 0.2) is 0 Å². The number of ether oxygens (including phenoxy) is 1. The third-order valence-corrected chi connectivity index (χ3v) is 2.74. The van der Waals surface area contributed by atoms with Crippen molar-refractivity contribution in [1.82, 2.24) is 4.90 Å². The standard InChI is InChI=1S/C14H22N2O2.ClH/c1-4-16(5-2)11-12(3)18-14(17)15-13-9-7-6-8-10-13;/h6-10,12H,4-5,11H2,1-3H3,(H,15,17);1H. The molecule has 0 heterocycles. The number of halogens is 1. The highest BCUT2D eigenvalue weighted by Gasteiger charge is 2.12. The van der Waals surface area contributed by atoms with E-state index in [1.54, 1.807) is 0 Å². The Morgan fingerprint density at radius 2 is 1.84 bits per heavy atom. The fourth-order valence-electron chi connectivity index (χ4n) is 1.73. The van der Waals surface area contributed by atoms with E-state index in [9.17, 15) is 4.79 Å². The Labute approximate surface area is 121 Å². The number of amides is 1. The van der Waals surface area contributed by atoms with Gasteiger partial charge in [-0.3, -0.25) is 5.32 Å². The van der Waals surface area contributed by atoms with Crippen LogP contribution in [0, 0.1) is 0 Å². The van der Waals surface area contributed by atoms with Crippen LogP contribution < -0.4 is 5.32 Å². The molecule has 0 fully saturated rings. The molecule has 5 heteroatoms. The van der Waals surface area contributed by atoms with Crippen molar-refractivity contribution >= 4 is 24.2 Å². The largest absolute Gasteiger partial charge is 0.445 e. The average molecular weight is 287 g/mol. The molecule has 0 bridgehead atoms. The highest BCUT2D eigenvalue weighted by molar-refractivity contribution is 5.85. The summed E-state index contributed by atoms with van der Waals surface area (Å²) in [5.41, 5.74) is 0.748. The third-order valence-electron chi connectivity index (χ3n) is 2.74. The van der Waals surface area contributed by atoms with Crippen LogP contribution in [-0.2, 0) is 4.74 Å². The number of carbonyl (C=O) groups excluding carboxylic acids is 1. The number of rotatable bonds is 6. The summed E-state index contributed by atoms with van der Waals surface area (Å²) >= 11 is 0. The molecule has 1 aromatic carbocycles. The van der Waals surface area contributed by atoms with Crippen LogP contribution >= 0.6 is 12.4 Å². The minimum absolute atomic E-state index is 0. The Morgan fingerprint density at radius 1 is 1.26 bits per heavy atom. The Morgan fingerprint density at radius 3 is 2.37 bits per heavy atom. The molecule has 0 saturated heterocycles. The zero-order chi connectivity index (χ0) is 13.4. The SMILES string of the molecule is CCN(CC)CC(C)OC(=O)Nc1ccccc1.Cl. The zero-order valence-corrected chi connectivity index (χ0v) is 12.6. The first-order valence-corrected chi connectivity index (χ1v) is 6.40. The van der Waals surface area contributed by atoms with Gasteiger partial charge in [-0.15, -0.1) is 12.4 Å². The van der Waals surface area contributed by atoms with Gasteiger partial charge in [-0.2, -0.15) is 0 Å². The summed E-state index contributed by atoms with van der Waals surface area (Å²) in [5, 5.41) is 2.70. The molecule has 1 amide bonds. The number of likely N-dealkylation sites (N-methyl/N-ethyl adjacent to an activating group) is 1. The van der Waals surface area contributed by atoms with Gasteiger partial charge in [0, 0.05) is 12.2 Å². The molecule has 4 nitrogen and oxygen atoms in total. The van der Waals surface area contributed by atoms with Crippen LogP contribution in [0.15, 0.2) is 30.3 Å². The van der Waals surface area contributed by atoms with Crippen molar-refractivity contribution in [2.75, 3.05) is 25.0 Å². The summed E-state index contributed by atoms with van der Waals surface area (Å²) < 4.78 is 5.30. The number of nitrogens with one attached hydrogen (secondary N) is 1. The number of para-hydroxylation sites is 1. The highest BCUT2D eigenvalue weighted by Crippen LogP contribution is 2.06. The van der Waals surface area contributed by atoms with Gasteiger partial charge in [0.2, 0.25) is 0 Å². The van der Waals surface area contributed by atoms with E-state index < -0.39 is 6.09 Å². The number of anilines is 1.